The quantitative estimate of drug-likeness (QED) is 0.836. The van der Waals surface area contributed by atoms with Gasteiger partial charge in [0.25, 0.3) is 0 Å². The standard InChI is InChI=1S/C14H17ClN2OS/c1-9(10-4-6-18-7-5-10)17-13-8-11(15)2-3-12(13)16-14(17)19/h2-3,8-10H,4-7H2,1H3,(H,16,19). The van der Waals surface area contributed by atoms with E-state index in [0.717, 1.165) is 46.9 Å². The van der Waals surface area contributed by atoms with Crippen LogP contribution in [-0.2, 0) is 4.74 Å². The van der Waals surface area contributed by atoms with Gasteiger partial charge in [0.2, 0.25) is 0 Å². The van der Waals surface area contributed by atoms with E-state index in [2.05, 4.69) is 16.5 Å². The zero-order valence-electron chi connectivity index (χ0n) is 10.9. The highest BCUT2D eigenvalue weighted by molar-refractivity contribution is 7.71. The lowest BCUT2D eigenvalue weighted by molar-refractivity contribution is 0.0517. The van der Waals surface area contributed by atoms with Gasteiger partial charge < -0.3 is 14.3 Å². The van der Waals surface area contributed by atoms with Crippen molar-refractivity contribution in [2.45, 2.75) is 25.8 Å². The van der Waals surface area contributed by atoms with Crippen LogP contribution < -0.4 is 0 Å². The Hall–Kier alpha value is -0.840. The molecule has 1 aliphatic heterocycles. The summed E-state index contributed by atoms with van der Waals surface area (Å²) in [6, 6.07) is 6.22. The summed E-state index contributed by atoms with van der Waals surface area (Å²) in [4.78, 5) is 3.26. The Labute approximate surface area is 122 Å². The van der Waals surface area contributed by atoms with Gasteiger partial charge >= 0.3 is 0 Å². The number of imidazole rings is 1. The molecule has 0 spiro atoms. The second kappa shape index (κ2) is 5.27. The first-order chi connectivity index (χ1) is 9.16. The Morgan fingerprint density at radius 1 is 1.42 bits per heavy atom. The minimum Gasteiger partial charge on any atom is -0.381 e. The van der Waals surface area contributed by atoms with Gasteiger partial charge in [-0.25, -0.2) is 0 Å². The van der Waals surface area contributed by atoms with Crippen LogP contribution in [0, 0.1) is 10.7 Å². The van der Waals surface area contributed by atoms with Gasteiger partial charge in [-0.2, -0.15) is 0 Å². The molecule has 2 heterocycles. The molecule has 1 aromatic heterocycles. The van der Waals surface area contributed by atoms with Crippen molar-refractivity contribution in [2.24, 2.45) is 5.92 Å². The molecule has 5 heteroatoms. The van der Waals surface area contributed by atoms with Crippen LogP contribution in [0.2, 0.25) is 5.02 Å². The first-order valence-electron chi connectivity index (χ1n) is 6.64. The third-order valence-electron chi connectivity index (χ3n) is 4.04. The van der Waals surface area contributed by atoms with Gasteiger partial charge in [0.05, 0.1) is 11.0 Å². The number of benzene rings is 1. The maximum absolute atomic E-state index is 6.11. The molecule has 1 atom stereocenters. The van der Waals surface area contributed by atoms with Gasteiger partial charge in [0.15, 0.2) is 4.77 Å². The number of rotatable bonds is 2. The summed E-state index contributed by atoms with van der Waals surface area (Å²) in [5.74, 6) is 0.610. The molecular formula is C14H17ClN2OS. The van der Waals surface area contributed by atoms with Crippen LogP contribution in [0.25, 0.3) is 11.0 Å². The Kier molecular flexibility index (Phi) is 3.65. The van der Waals surface area contributed by atoms with Crippen molar-refractivity contribution in [3.63, 3.8) is 0 Å². The monoisotopic (exact) mass is 296 g/mol. The summed E-state index contributed by atoms with van der Waals surface area (Å²) < 4.78 is 8.42. The molecule has 0 saturated carbocycles. The van der Waals surface area contributed by atoms with Crippen molar-refractivity contribution in [1.82, 2.24) is 9.55 Å². The molecule has 0 amide bonds. The molecule has 0 radical (unpaired) electrons. The lowest BCUT2D eigenvalue weighted by Crippen LogP contribution is -2.24. The molecule has 3 rings (SSSR count). The zero-order chi connectivity index (χ0) is 13.4. The molecule has 3 nitrogen and oxygen atoms in total. The summed E-state index contributed by atoms with van der Waals surface area (Å²) in [5.41, 5.74) is 2.14. The van der Waals surface area contributed by atoms with Crippen molar-refractivity contribution in [2.75, 3.05) is 13.2 Å². The van der Waals surface area contributed by atoms with Crippen LogP contribution in [0.5, 0.6) is 0 Å². The van der Waals surface area contributed by atoms with Crippen molar-refractivity contribution >= 4 is 34.9 Å². The van der Waals surface area contributed by atoms with Gasteiger partial charge in [-0.15, -0.1) is 0 Å². The number of nitrogens with zero attached hydrogens (tertiary/aromatic N) is 1. The number of aromatic amines is 1. The lowest BCUT2D eigenvalue weighted by Gasteiger charge is -2.29. The minimum atomic E-state index is 0.364. The summed E-state index contributed by atoms with van der Waals surface area (Å²) in [5, 5.41) is 0.745. The first-order valence-corrected chi connectivity index (χ1v) is 7.43. The van der Waals surface area contributed by atoms with Gasteiger partial charge in [0, 0.05) is 24.3 Å². The summed E-state index contributed by atoms with van der Waals surface area (Å²) in [6.07, 6.45) is 2.19. The number of H-pyrrole nitrogens is 1. The fraction of sp³-hybridized carbons (Fsp3) is 0.500. The van der Waals surface area contributed by atoms with Gasteiger partial charge in [0.1, 0.15) is 0 Å². The predicted molar refractivity (Wildman–Crippen MR) is 80.4 cm³/mol. The highest BCUT2D eigenvalue weighted by Crippen LogP contribution is 2.31. The normalized spacial score (nSPS) is 18.8. The second-order valence-corrected chi connectivity index (χ2v) is 5.98. The Morgan fingerprint density at radius 2 is 2.16 bits per heavy atom. The van der Waals surface area contributed by atoms with Crippen molar-refractivity contribution < 1.29 is 4.74 Å². The average Bonchev–Trinajstić information content (AvgIpc) is 2.74. The van der Waals surface area contributed by atoms with Crippen LogP contribution in [0.3, 0.4) is 0 Å². The smallest absolute Gasteiger partial charge is 0.178 e. The highest BCUT2D eigenvalue weighted by atomic mass is 35.5. The molecule has 0 aliphatic carbocycles. The number of hydrogen-bond acceptors (Lipinski definition) is 2. The molecule has 0 bridgehead atoms. The van der Waals surface area contributed by atoms with Crippen molar-refractivity contribution in [3.05, 3.63) is 28.0 Å². The Morgan fingerprint density at radius 3 is 2.89 bits per heavy atom. The van der Waals surface area contributed by atoms with E-state index in [1.807, 2.05) is 18.2 Å². The summed E-state index contributed by atoms with van der Waals surface area (Å²) in [7, 11) is 0. The molecule has 19 heavy (non-hydrogen) atoms. The molecular weight excluding hydrogens is 280 g/mol. The molecule has 1 N–H and O–H groups in total. The SMILES string of the molecule is CC(C1CCOCC1)n1c(=S)[nH]c2ccc(Cl)cc21. The number of nitrogens with one attached hydrogen (secondary N) is 1. The third kappa shape index (κ3) is 2.45. The van der Waals surface area contributed by atoms with Crippen LogP contribution in [0.1, 0.15) is 25.8 Å². The topological polar surface area (TPSA) is 29.9 Å². The second-order valence-electron chi connectivity index (χ2n) is 5.15. The maximum Gasteiger partial charge on any atom is 0.178 e. The molecule has 1 fully saturated rings. The highest BCUT2D eigenvalue weighted by Gasteiger charge is 2.23. The van der Waals surface area contributed by atoms with E-state index in [9.17, 15) is 0 Å². The largest absolute Gasteiger partial charge is 0.381 e. The third-order valence-corrected chi connectivity index (χ3v) is 4.57. The molecule has 1 unspecified atom stereocenters. The van der Waals surface area contributed by atoms with E-state index < -0.39 is 0 Å². The fourth-order valence-corrected chi connectivity index (χ4v) is 3.45. The van der Waals surface area contributed by atoms with Crippen LogP contribution in [0.15, 0.2) is 18.2 Å². The van der Waals surface area contributed by atoms with E-state index in [1.165, 1.54) is 0 Å². The van der Waals surface area contributed by atoms with E-state index in [4.69, 9.17) is 28.6 Å². The summed E-state index contributed by atoms with van der Waals surface area (Å²) in [6.45, 7) is 3.94. The number of ether oxygens (including phenoxy) is 1. The van der Waals surface area contributed by atoms with Gasteiger partial charge in [-0.05, 0) is 56.1 Å². The maximum atomic E-state index is 6.11. The molecule has 1 saturated heterocycles. The predicted octanol–water partition coefficient (Wildman–Crippen LogP) is 4.34. The van der Waals surface area contributed by atoms with Crippen LogP contribution >= 0.6 is 23.8 Å². The number of halogens is 1. The first kappa shape index (κ1) is 13.2. The minimum absolute atomic E-state index is 0.364. The van der Waals surface area contributed by atoms with E-state index >= 15 is 0 Å². The van der Waals surface area contributed by atoms with Crippen LogP contribution in [0.4, 0.5) is 0 Å². The number of fused-ring (bicyclic) bond motifs is 1. The molecule has 102 valence electrons. The molecule has 2 aromatic rings. The van der Waals surface area contributed by atoms with E-state index in [1.54, 1.807) is 0 Å². The number of aromatic nitrogens is 2. The molecule has 1 aliphatic rings. The number of hydrogen-bond donors (Lipinski definition) is 1. The Bertz CT molecular complexity index is 642. The van der Waals surface area contributed by atoms with Crippen molar-refractivity contribution in [3.8, 4) is 0 Å². The molecule has 1 aromatic carbocycles. The lowest BCUT2D eigenvalue weighted by atomic mass is 9.92. The summed E-state index contributed by atoms with van der Waals surface area (Å²) >= 11 is 11.6. The van der Waals surface area contributed by atoms with Gasteiger partial charge in [-0.3, -0.25) is 0 Å². The Balaban J connectivity index is 2.05. The van der Waals surface area contributed by atoms with E-state index in [-0.39, 0.29) is 0 Å². The fourth-order valence-electron chi connectivity index (χ4n) is 2.91. The van der Waals surface area contributed by atoms with E-state index in [0.29, 0.717) is 12.0 Å². The average molecular weight is 297 g/mol. The zero-order valence-corrected chi connectivity index (χ0v) is 12.4. The van der Waals surface area contributed by atoms with Crippen LogP contribution in [-0.4, -0.2) is 22.8 Å². The van der Waals surface area contributed by atoms with Gasteiger partial charge in [-0.1, -0.05) is 11.6 Å². The van der Waals surface area contributed by atoms with Crippen molar-refractivity contribution in [1.29, 1.82) is 0 Å².